The van der Waals surface area contributed by atoms with Crippen LogP contribution in [0.1, 0.15) is 18.4 Å². The Kier molecular flexibility index (Phi) is 4.50. The first-order valence-corrected chi connectivity index (χ1v) is 6.49. The lowest BCUT2D eigenvalue weighted by Gasteiger charge is -2.13. The molecule has 0 unspecified atom stereocenters. The molecule has 0 amide bonds. The maximum absolute atomic E-state index is 6.23. The molecule has 0 atom stereocenters. The third-order valence-electron chi connectivity index (χ3n) is 2.86. The van der Waals surface area contributed by atoms with E-state index in [9.17, 15) is 0 Å². The van der Waals surface area contributed by atoms with E-state index in [2.05, 4.69) is 0 Å². The van der Waals surface area contributed by atoms with Crippen LogP contribution in [0, 0.1) is 5.92 Å². The normalized spacial score (nSPS) is 15.1. The molecule has 1 fully saturated rings. The summed E-state index contributed by atoms with van der Waals surface area (Å²) in [5.41, 5.74) is 6.39. The molecule has 4 heteroatoms. The van der Waals surface area contributed by atoms with Crippen LogP contribution >= 0.6 is 11.6 Å². The van der Waals surface area contributed by atoms with Crippen LogP contribution in [0.4, 0.5) is 0 Å². The minimum absolute atomic E-state index is 0.500. The van der Waals surface area contributed by atoms with Crippen molar-refractivity contribution in [2.24, 2.45) is 11.7 Å². The zero-order chi connectivity index (χ0) is 13.0. The van der Waals surface area contributed by atoms with E-state index in [1.165, 1.54) is 12.8 Å². The smallest absolute Gasteiger partial charge is 0.179 e. The summed E-state index contributed by atoms with van der Waals surface area (Å²) in [5.74, 6) is 1.98. The first-order chi connectivity index (χ1) is 8.74. The minimum atomic E-state index is 0.500. The van der Waals surface area contributed by atoms with Crippen LogP contribution in [0.25, 0.3) is 6.08 Å². The van der Waals surface area contributed by atoms with Crippen LogP contribution in [0.15, 0.2) is 18.2 Å². The highest BCUT2D eigenvalue weighted by molar-refractivity contribution is 6.32. The van der Waals surface area contributed by atoms with Crippen molar-refractivity contribution in [1.82, 2.24) is 0 Å². The molecule has 2 N–H and O–H groups in total. The summed E-state index contributed by atoms with van der Waals surface area (Å²) in [7, 11) is 1.62. The van der Waals surface area contributed by atoms with Gasteiger partial charge in [-0.2, -0.15) is 0 Å². The van der Waals surface area contributed by atoms with Crippen molar-refractivity contribution in [2.45, 2.75) is 12.8 Å². The first kappa shape index (κ1) is 13.2. The van der Waals surface area contributed by atoms with Crippen molar-refractivity contribution >= 4 is 17.7 Å². The third-order valence-corrected chi connectivity index (χ3v) is 3.14. The second-order valence-electron chi connectivity index (χ2n) is 4.43. The summed E-state index contributed by atoms with van der Waals surface area (Å²) in [6.45, 7) is 1.22. The largest absolute Gasteiger partial charge is 0.493 e. The lowest BCUT2D eigenvalue weighted by Crippen LogP contribution is -2.01. The molecule has 1 saturated carbocycles. The Labute approximate surface area is 113 Å². The van der Waals surface area contributed by atoms with Gasteiger partial charge >= 0.3 is 0 Å². The molecule has 3 nitrogen and oxygen atoms in total. The molecular formula is C14H18ClNO2. The monoisotopic (exact) mass is 267 g/mol. The van der Waals surface area contributed by atoms with Crippen LogP contribution < -0.4 is 15.2 Å². The highest BCUT2D eigenvalue weighted by Crippen LogP contribution is 2.38. The summed E-state index contributed by atoms with van der Waals surface area (Å²) < 4.78 is 11.1. The molecule has 1 aliphatic rings. The minimum Gasteiger partial charge on any atom is -0.493 e. The molecule has 0 saturated heterocycles. The Bertz CT molecular complexity index is 442. The van der Waals surface area contributed by atoms with Crippen molar-refractivity contribution in [1.29, 1.82) is 0 Å². The number of hydrogen-bond acceptors (Lipinski definition) is 3. The van der Waals surface area contributed by atoms with E-state index in [1.54, 1.807) is 7.11 Å². The van der Waals surface area contributed by atoms with Gasteiger partial charge in [-0.05, 0) is 36.5 Å². The van der Waals surface area contributed by atoms with E-state index >= 15 is 0 Å². The Morgan fingerprint density at radius 2 is 2.22 bits per heavy atom. The molecule has 2 rings (SSSR count). The second kappa shape index (κ2) is 6.12. The van der Waals surface area contributed by atoms with Crippen molar-refractivity contribution in [3.05, 3.63) is 28.8 Å². The number of ether oxygens (including phenoxy) is 2. The van der Waals surface area contributed by atoms with Gasteiger partial charge in [-0.3, -0.25) is 0 Å². The number of hydrogen-bond donors (Lipinski definition) is 1. The molecule has 0 bridgehead atoms. The fourth-order valence-electron chi connectivity index (χ4n) is 1.67. The molecule has 0 aromatic heterocycles. The number of nitrogens with two attached hydrogens (primary N) is 1. The van der Waals surface area contributed by atoms with Gasteiger partial charge in [0.25, 0.3) is 0 Å². The summed E-state index contributed by atoms with van der Waals surface area (Å²) >= 11 is 6.23. The Balaban J connectivity index is 2.18. The molecule has 1 aliphatic carbocycles. The average Bonchev–Trinajstić information content (AvgIpc) is 3.18. The number of benzene rings is 1. The molecule has 1 aromatic rings. The summed E-state index contributed by atoms with van der Waals surface area (Å²) in [4.78, 5) is 0. The Morgan fingerprint density at radius 1 is 1.44 bits per heavy atom. The van der Waals surface area contributed by atoms with Crippen LogP contribution in [0.3, 0.4) is 0 Å². The molecule has 0 radical (unpaired) electrons. The SMILES string of the molecule is COc1cc(/C=C/CN)cc(Cl)c1OCC1CC1. The Morgan fingerprint density at radius 3 is 2.83 bits per heavy atom. The summed E-state index contributed by atoms with van der Waals surface area (Å²) in [6.07, 6.45) is 6.28. The molecule has 1 aromatic carbocycles. The standard InChI is InChI=1S/C14H18ClNO2/c1-17-13-8-11(3-2-6-16)7-12(15)14(13)18-9-10-4-5-10/h2-3,7-8,10H,4-6,9,16H2,1H3/b3-2+. The zero-order valence-corrected chi connectivity index (χ0v) is 11.2. The predicted octanol–water partition coefficient (Wildman–Crippen LogP) is 3.11. The topological polar surface area (TPSA) is 44.5 Å². The number of methoxy groups -OCH3 is 1. The van der Waals surface area contributed by atoms with Gasteiger partial charge in [0.15, 0.2) is 11.5 Å². The molecule has 0 aliphatic heterocycles. The van der Waals surface area contributed by atoms with E-state index in [0.717, 1.165) is 5.56 Å². The van der Waals surface area contributed by atoms with Crippen LogP contribution in [-0.2, 0) is 0 Å². The highest BCUT2D eigenvalue weighted by atomic mass is 35.5. The van der Waals surface area contributed by atoms with E-state index in [1.807, 2.05) is 24.3 Å². The zero-order valence-electron chi connectivity index (χ0n) is 10.5. The van der Waals surface area contributed by atoms with Gasteiger partial charge in [-0.25, -0.2) is 0 Å². The first-order valence-electron chi connectivity index (χ1n) is 6.11. The highest BCUT2D eigenvalue weighted by Gasteiger charge is 2.23. The molecule has 98 valence electrons. The number of halogens is 1. The molecule has 0 spiro atoms. The molecular weight excluding hydrogens is 250 g/mol. The van der Waals surface area contributed by atoms with Crippen LogP contribution in [0.5, 0.6) is 11.5 Å². The van der Waals surface area contributed by atoms with Crippen molar-refractivity contribution in [3.63, 3.8) is 0 Å². The van der Waals surface area contributed by atoms with Gasteiger partial charge in [0.05, 0.1) is 18.7 Å². The Hall–Kier alpha value is -1.19. The summed E-state index contributed by atoms with van der Waals surface area (Å²) in [6, 6.07) is 3.76. The van der Waals surface area contributed by atoms with Gasteiger partial charge in [0, 0.05) is 6.54 Å². The summed E-state index contributed by atoms with van der Waals surface area (Å²) in [5, 5.41) is 0.576. The quantitative estimate of drug-likeness (QED) is 0.861. The van der Waals surface area contributed by atoms with E-state index in [-0.39, 0.29) is 0 Å². The second-order valence-corrected chi connectivity index (χ2v) is 4.83. The number of rotatable bonds is 6. The third kappa shape index (κ3) is 3.40. The van der Waals surface area contributed by atoms with E-state index in [0.29, 0.717) is 35.6 Å². The maximum atomic E-state index is 6.23. The van der Waals surface area contributed by atoms with Gasteiger partial charge in [-0.15, -0.1) is 0 Å². The van der Waals surface area contributed by atoms with Gasteiger partial charge in [-0.1, -0.05) is 23.8 Å². The lowest BCUT2D eigenvalue weighted by atomic mass is 10.2. The van der Waals surface area contributed by atoms with Crippen molar-refractivity contribution in [2.75, 3.05) is 20.3 Å². The van der Waals surface area contributed by atoms with Crippen molar-refractivity contribution < 1.29 is 9.47 Å². The fourth-order valence-corrected chi connectivity index (χ4v) is 1.94. The van der Waals surface area contributed by atoms with Crippen LogP contribution in [-0.4, -0.2) is 20.3 Å². The van der Waals surface area contributed by atoms with Gasteiger partial charge in [0.1, 0.15) is 0 Å². The molecule has 18 heavy (non-hydrogen) atoms. The predicted molar refractivity (Wildman–Crippen MR) is 74.3 cm³/mol. The van der Waals surface area contributed by atoms with Gasteiger partial charge < -0.3 is 15.2 Å². The van der Waals surface area contributed by atoms with Crippen molar-refractivity contribution in [3.8, 4) is 11.5 Å². The van der Waals surface area contributed by atoms with Gasteiger partial charge in [0.2, 0.25) is 0 Å². The van der Waals surface area contributed by atoms with E-state index in [4.69, 9.17) is 26.8 Å². The lowest BCUT2D eigenvalue weighted by molar-refractivity contribution is 0.280. The van der Waals surface area contributed by atoms with E-state index < -0.39 is 0 Å². The molecule has 0 heterocycles. The maximum Gasteiger partial charge on any atom is 0.179 e. The fraction of sp³-hybridized carbons (Fsp3) is 0.429. The van der Waals surface area contributed by atoms with Crippen LogP contribution in [0.2, 0.25) is 5.02 Å². The average molecular weight is 268 g/mol.